The van der Waals surface area contributed by atoms with Crippen molar-refractivity contribution in [3.8, 4) is 5.75 Å². The lowest BCUT2D eigenvalue weighted by atomic mass is 9.91. The molecule has 0 aromatic heterocycles. The maximum Gasteiger partial charge on any atom is 0.129 e. The number of anilines is 1. The van der Waals surface area contributed by atoms with Crippen LogP contribution in [-0.2, 0) is 0 Å². The minimum absolute atomic E-state index is 0. The highest BCUT2D eigenvalue weighted by Gasteiger charge is 2.32. The van der Waals surface area contributed by atoms with Crippen molar-refractivity contribution in [1.82, 2.24) is 0 Å². The molecule has 1 aliphatic rings. The van der Waals surface area contributed by atoms with Crippen LogP contribution < -0.4 is 9.64 Å². The first-order chi connectivity index (χ1) is 12.5. The summed E-state index contributed by atoms with van der Waals surface area (Å²) in [7, 11) is 0. The van der Waals surface area contributed by atoms with E-state index in [2.05, 4.69) is 81.6 Å². The molecular formula is C24H37NOS. The summed E-state index contributed by atoms with van der Waals surface area (Å²) in [5, 5.41) is 2.65. The van der Waals surface area contributed by atoms with E-state index in [1.165, 1.54) is 35.7 Å². The maximum atomic E-state index is 6.02. The molecule has 0 saturated carbocycles. The van der Waals surface area contributed by atoms with Crippen molar-refractivity contribution in [2.75, 3.05) is 23.9 Å². The molecule has 3 heteroatoms. The Balaban J connectivity index is 0.00000261. The predicted octanol–water partition coefficient (Wildman–Crippen LogP) is 7.46. The van der Waals surface area contributed by atoms with Crippen molar-refractivity contribution < 1.29 is 4.74 Å². The lowest BCUT2D eigenvalue weighted by molar-refractivity contribution is 0.344. The Bertz CT molecular complexity index is 755. The van der Waals surface area contributed by atoms with Crippen LogP contribution in [-0.4, -0.2) is 23.8 Å². The van der Waals surface area contributed by atoms with Crippen LogP contribution in [0.2, 0.25) is 0 Å². The zero-order chi connectivity index (χ0) is 18.7. The van der Waals surface area contributed by atoms with Gasteiger partial charge in [0.1, 0.15) is 5.75 Å². The van der Waals surface area contributed by atoms with Gasteiger partial charge in [0, 0.05) is 34.3 Å². The second-order valence-corrected chi connectivity index (χ2v) is 9.53. The van der Waals surface area contributed by atoms with Crippen molar-refractivity contribution in [3.05, 3.63) is 35.9 Å². The SMILES string of the molecule is C.CCCC1CN(CSC(C)(C)CC)c2cc(OCC)c3ccccc3c21. The summed E-state index contributed by atoms with van der Waals surface area (Å²) in [6, 6.07) is 11.1. The van der Waals surface area contributed by atoms with Gasteiger partial charge in [-0.05, 0) is 30.7 Å². The summed E-state index contributed by atoms with van der Waals surface area (Å²) in [5.74, 6) is 2.71. The van der Waals surface area contributed by atoms with Gasteiger partial charge in [-0.1, -0.05) is 65.8 Å². The van der Waals surface area contributed by atoms with Crippen LogP contribution in [0, 0.1) is 0 Å². The summed E-state index contributed by atoms with van der Waals surface area (Å²) in [6.45, 7) is 13.2. The fourth-order valence-electron chi connectivity index (χ4n) is 3.83. The van der Waals surface area contributed by atoms with Gasteiger partial charge >= 0.3 is 0 Å². The van der Waals surface area contributed by atoms with Gasteiger partial charge in [0.2, 0.25) is 0 Å². The predicted molar refractivity (Wildman–Crippen MR) is 124 cm³/mol. The minimum Gasteiger partial charge on any atom is -0.493 e. The first-order valence-corrected chi connectivity index (χ1v) is 11.1. The molecule has 2 aromatic carbocycles. The van der Waals surface area contributed by atoms with Gasteiger partial charge in [-0.2, -0.15) is 0 Å². The summed E-state index contributed by atoms with van der Waals surface area (Å²) in [5.41, 5.74) is 2.94. The number of benzene rings is 2. The van der Waals surface area contributed by atoms with E-state index in [1.54, 1.807) is 5.56 Å². The Morgan fingerprint density at radius 2 is 1.85 bits per heavy atom. The van der Waals surface area contributed by atoms with Crippen molar-refractivity contribution in [1.29, 1.82) is 0 Å². The molecule has 1 atom stereocenters. The molecule has 0 amide bonds. The van der Waals surface area contributed by atoms with Gasteiger partial charge in [0.25, 0.3) is 0 Å². The standard InChI is InChI=1S/C23H33NOS.CH4/c1-6-11-17-15-24(16-26-23(4,5)7-2)20-14-21(25-8-3)18-12-9-10-13-19(18)22(17)20;/h9-10,12-14,17H,6-8,11,15-16H2,1-5H3;1H4. The third kappa shape index (κ3) is 4.56. The molecular weight excluding hydrogens is 350 g/mol. The van der Waals surface area contributed by atoms with E-state index in [0.717, 1.165) is 18.2 Å². The Morgan fingerprint density at radius 3 is 2.48 bits per heavy atom. The topological polar surface area (TPSA) is 12.5 Å². The molecule has 0 N–H and O–H groups in total. The highest BCUT2D eigenvalue weighted by atomic mass is 32.2. The fraction of sp³-hybridized carbons (Fsp3) is 0.583. The molecule has 0 fully saturated rings. The largest absolute Gasteiger partial charge is 0.493 e. The van der Waals surface area contributed by atoms with E-state index in [4.69, 9.17) is 4.74 Å². The molecule has 2 aromatic rings. The van der Waals surface area contributed by atoms with E-state index in [-0.39, 0.29) is 7.43 Å². The Morgan fingerprint density at radius 1 is 1.15 bits per heavy atom. The van der Waals surface area contributed by atoms with Crippen LogP contribution in [0.4, 0.5) is 5.69 Å². The number of hydrogen-bond acceptors (Lipinski definition) is 3. The molecule has 27 heavy (non-hydrogen) atoms. The van der Waals surface area contributed by atoms with Crippen molar-refractivity contribution in [2.24, 2.45) is 0 Å². The smallest absolute Gasteiger partial charge is 0.129 e. The zero-order valence-electron chi connectivity index (χ0n) is 17.0. The molecule has 0 aliphatic carbocycles. The highest BCUT2D eigenvalue weighted by molar-refractivity contribution is 8.00. The van der Waals surface area contributed by atoms with Gasteiger partial charge in [-0.25, -0.2) is 0 Å². The second kappa shape index (κ2) is 9.23. The average molecular weight is 388 g/mol. The Labute approximate surface area is 170 Å². The van der Waals surface area contributed by atoms with Gasteiger partial charge in [-0.15, -0.1) is 11.8 Å². The molecule has 1 heterocycles. The van der Waals surface area contributed by atoms with Crippen LogP contribution in [0.15, 0.2) is 30.3 Å². The van der Waals surface area contributed by atoms with Crippen molar-refractivity contribution in [2.45, 2.75) is 72.0 Å². The zero-order valence-corrected chi connectivity index (χ0v) is 17.8. The molecule has 0 saturated heterocycles. The number of thioether (sulfide) groups is 1. The van der Waals surface area contributed by atoms with Gasteiger partial charge in [0.15, 0.2) is 0 Å². The summed E-state index contributed by atoms with van der Waals surface area (Å²) in [6.07, 6.45) is 3.68. The van der Waals surface area contributed by atoms with Crippen molar-refractivity contribution >= 4 is 28.2 Å². The highest BCUT2D eigenvalue weighted by Crippen LogP contribution is 2.47. The molecule has 3 rings (SSSR count). The van der Waals surface area contributed by atoms with E-state index in [0.29, 0.717) is 17.3 Å². The fourth-order valence-corrected chi connectivity index (χ4v) is 4.79. The summed E-state index contributed by atoms with van der Waals surface area (Å²) < 4.78 is 6.34. The van der Waals surface area contributed by atoms with Gasteiger partial charge in [-0.3, -0.25) is 0 Å². The first kappa shape index (κ1) is 21.9. The van der Waals surface area contributed by atoms with Crippen LogP contribution >= 0.6 is 11.8 Å². The first-order valence-electron chi connectivity index (χ1n) is 10.1. The Hall–Kier alpha value is -1.35. The van der Waals surface area contributed by atoms with E-state index in [9.17, 15) is 0 Å². The number of ether oxygens (including phenoxy) is 1. The van der Waals surface area contributed by atoms with Crippen LogP contribution in [0.3, 0.4) is 0 Å². The number of rotatable bonds is 8. The molecule has 150 valence electrons. The van der Waals surface area contributed by atoms with E-state index < -0.39 is 0 Å². The molecule has 0 radical (unpaired) electrons. The normalized spacial score (nSPS) is 16.3. The van der Waals surface area contributed by atoms with E-state index >= 15 is 0 Å². The molecule has 1 unspecified atom stereocenters. The third-order valence-electron chi connectivity index (χ3n) is 5.62. The van der Waals surface area contributed by atoms with Crippen LogP contribution in [0.5, 0.6) is 5.75 Å². The quantitative estimate of drug-likeness (QED) is 0.466. The summed E-state index contributed by atoms with van der Waals surface area (Å²) in [4.78, 5) is 2.59. The van der Waals surface area contributed by atoms with Crippen LogP contribution in [0.25, 0.3) is 10.8 Å². The van der Waals surface area contributed by atoms with E-state index in [1.807, 2.05) is 0 Å². The molecule has 2 nitrogen and oxygen atoms in total. The maximum absolute atomic E-state index is 6.02. The lowest BCUT2D eigenvalue weighted by Gasteiger charge is -2.27. The number of nitrogens with zero attached hydrogens (tertiary/aromatic N) is 1. The van der Waals surface area contributed by atoms with Gasteiger partial charge < -0.3 is 9.64 Å². The molecule has 0 spiro atoms. The van der Waals surface area contributed by atoms with Crippen molar-refractivity contribution in [3.63, 3.8) is 0 Å². The lowest BCUT2D eigenvalue weighted by Crippen LogP contribution is -2.25. The minimum atomic E-state index is 0. The Kier molecular flexibility index (Phi) is 7.50. The third-order valence-corrected chi connectivity index (χ3v) is 7.13. The number of fused-ring (bicyclic) bond motifs is 3. The molecule has 0 bridgehead atoms. The van der Waals surface area contributed by atoms with Gasteiger partial charge in [0.05, 0.1) is 12.5 Å². The van der Waals surface area contributed by atoms with Crippen LogP contribution in [0.1, 0.15) is 72.8 Å². The number of hydrogen-bond donors (Lipinski definition) is 0. The average Bonchev–Trinajstić information content (AvgIpc) is 2.99. The second-order valence-electron chi connectivity index (χ2n) is 7.88. The molecule has 1 aliphatic heterocycles. The summed E-state index contributed by atoms with van der Waals surface area (Å²) >= 11 is 2.07. The monoisotopic (exact) mass is 387 g/mol.